The summed E-state index contributed by atoms with van der Waals surface area (Å²) >= 11 is 5.24. The van der Waals surface area contributed by atoms with Gasteiger partial charge >= 0.3 is 0 Å². The lowest BCUT2D eigenvalue weighted by atomic mass is 9.96. The second-order valence-electron chi connectivity index (χ2n) is 4.96. The summed E-state index contributed by atoms with van der Waals surface area (Å²) in [5, 5.41) is 8.05. The molecule has 0 heterocycles. The molecule has 0 saturated heterocycles. The minimum Gasteiger partial charge on any atom is -0.497 e. The van der Waals surface area contributed by atoms with Crippen molar-refractivity contribution in [2.24, 2.45) is 5.10 Å². The quantitative estimate of drug-likeness (QED) is 0.509. The maximum absolute atomic E-state index is 5.24. The number of benzene rings is 1. The molecule has 5 heteroatoms. The van der Waals surface area contributed by atoms with Crippen LogP contribution in [0.2, 0.25) is 0 Å². The fraction of sp³-hybridized carbons (Fsp3) is 0.467. The van der Waals surface area contributed by atoms with Crippen LogP contribution in [0.15, 0.2) is 29.4 Å². The highest BCUT2D eigenvalue weighted by molar-refractivity contribution is 7.80. The number of hydrogen-bond donors (Lipinski definition) is 2. The maximum atomic E-state index is 5.24. The van der Waals surface area contributed by atoms with E-state index in [2.05, 4.69) is 15.8 Å². The Hall–Kier alpha value is -1.62. The zero-order chi connectivity index (χ0) is 14.2. The Morgan fingerprint density at radius 3 is 2.90 bits per heavy atom. The van der Waals surface area contributed by atoms with Gasteiger partial charge in [0.15, 0.2) is 5.11 Å². The van der Waals surface area contributed by atoms with Gasteiger partial charge in [-0.1, -0.05) is 31.4 Å². The van der Waals surface area contributed by atoms with Crippen LogP contribution in [0.1, 0.15) is 37.7 Å². The van der Waals surface area contributed by atoms with Crippen molar-refractivity contribution >= 4 is 23.5 Å². The van der Waals surface area contributed by atoms with Gasteiger partial charge in [0.2, 0.25) is 0 Å². The van der Waals surface area contributed by atoms with Crippen LogP contribution in [0.4, 0.5) is 0 Å². The molecular formula is C15H21N3OS. The fourth-order valence-corrected chi connectivity index (χ4v) is 2.57. The number of ether oxygens (including phenoxy) is 1. The first-order chi connectivity index (χ1) is 9.78. The Morgan fingerprint density at radius 2 is 2.15 bits per heavy atom. The van der Waals surface area contributed by atoms with E-state index in [0.29, 0.717) is 11.2 Å². The van der Waals surface area contributed by atoms with Crippen molar-refractivity contribution in [3.05, 3.63) is 29.8 Å². The molecule has 2 N–H and O–H groups in total. The molecule has 108 valence electrons. The van der Waals surface area contributed by atoms with Crippen molar-refractivity contribution in [2.45, 2.75) is 38.1 Å². The first kappa shape index (κ1) is 14.8. The number of thiocarbonyl (C=S) groups is 1. The van der Waals surface area contributed by atoms with Crippen molar-refractivity contribution in [2.75, 3.05) is 7.11 Å². The first-order valence-electron chi connectivity index (χ1n) is 7.01. The highest BCUT2D eigenvalue weighted by Gasteiger charge is 2.13. The second-order valence-corrected chi connectivity index (χ2v) is 5.36. The normalized spacial score (nSPS) is 16.1. The summed E-state index contributed by atoms with van der Waals surface area (Å²) in [6, 6.07) is 8.21. The lowest BCUT2D eigenvalue weighted by Gasteiger charge is -2.23. The molecule has 1 aliphatic rings. The zero-order valence-electron chi connectivity index (χ0n) is 11.8. The predicted molar refractivity (Wildman–Crippen MR) is 86.3 cm³/mol. The van der Waals surface area contributed by atoms with Crippen LogP contribution in [0.5, 0.6) is 5.75 Å². The third-order valence-electron chi connectivity index (χ3n) is 3.41. The number of methoxy groups -OCH3 is 1. The topological polar surface area (TPSA) is 45.6 Å². The third-order valence-corrected chi connectivity index (χ3v) is 3.62. The molecule has 0 aromatic heterocycles. The number of hydrazone groups is 1. The lowest BCUT2D eigenvalue weighted by Crippen LogP contribution is -2.40. The van der Waals surface area contributed by atoms with Gasteiger partial charge in [0, 0.05) is 6.04 Å². The van der Waals surface area contributed by atoms with E-state index in [9.17, 15) is 0 Å². The van der Waals surface area contributed by atoms with E-state index in [4.69, 9.17) is 17.0 Å². The Bertz CT molecular complexity index is 470. The summed E-state index contributed by atoms with van der Waals surface area (Å²) in [5.74, 6) is 0.817. The minimum absolute atomic E-state index is 0.496. The first-order valence-corrected chi connectivity index (χ1v) is 7.42. The van der Waals surface area contributed by atoms with Crippen LogP contribution in [-0.4, -0.2) is 24.5 Å². The molecule has 1 aromatic carbocycles. The maximum Gasteiger partial charge on any atom is 0.187 e. The number of hydrogen-bond acceptors (Lipinski definition) is 3. The van der Waals surface area contributed by atoms with Crippen LogP contribution >= 0.6 is 12.2 Å². The fourth-order valence-electron chi connectivity index (χ4n) is 2.35. The minimum atomic E-state index is 0.496. The van der Waals surface area contributed by atoms with Crippen molar-refractivity contribution in [3.63, 3.8) is 0 Å². The summed E-state index contributed by atoms with van der Waals surface area (Å²) in [7, 11) is 1.65. The van der Waals surface area contributed by atoms with Gasteiger partial charge in [-0.25, -0.2) is 0 Å². The molecule has 1 aliphatic carbocycles. The summed E-state index contributed by atoms with van der Waals surface area (Å²) in [6.45, 7) is 0. The molecule has 0 amide bonds. The number of rotatable bonds is 4. The van der Waals surface area contributed by atoms with E-state index >= 15 is 0 Å². The lowest BCUT2D eigenvalue weighted by molar-refractivity contribution is 0.412. The molecule has 4 nitrogen and oxygen atoms in total. The van der Waals surface area contributed by atoms with Crippen LogP contribution in [0, 0.1) is 0 Å². The van der Waals surface area contributed by atoms with E-state index < -0.39 is 0 Å². The van der Waals surface area contributed by atoms with Crippen LogP contribution in [-0.2, 0) is 0 Å². The molecule has 2 rings (SSSR count). The Labute approximate surface area is 125 Å². The molecule has 0 atom stereocenters. The summed E-state index contributed by atoms with van der Waals surface area (Å²) in [5.41, 5.74) is 3.83. The predicted octanol–water partition coefficient (Wildman–Crippen LogP) is 2.83. The summed E-state index contributed by atoms with van der Waals surface area (Å²) < 4.78 is 5.16. The van der Waals surface area contributed by atoms with Crippen LogP contribution < -0.4 is 15.5 Å². The molecule has 1 saturated carbocycles. The zero-order valence-corrected chi connectivity index (χ0v) is 12.6. The summed E-state index contributed by atoms with van der Waals surface area (Å²) in [4.78, 5) is 0. The molecule has 1 aromatic rings. The van der Waals surface area contributed by atoms with Gasteiger partial charge in [-0.3, -0.25) is 5.43 Å². The Balaban J connectivity index is 1.78. The molecule has 0 spiro atoms. The average molecular weight is 291 g/mol. The number of nitrogens with one attached hydrogen (secondary N) is 2. The molecule has 0 bridgehead atoms. The molecule has 20 heavy (non-hydrogen) atoms. The Kier molecular flexibility index (Phi) is 5.80. The molecule has 1 fully saturated rings. The monoisotopic (exact) mass is 291 g/mol. The van der Waals surface area contributed by atoms with Gasteiger partial charge in [-0.2, -0.15) is 5.10 Å². The molecular weight excluding hydrogens is 270 g/mol. The Morgan fingerprint density at radius 1 is 1.35 bits per heavy atom. The summed E-state index contributed by atoms with van der Waals surface area (Å²) in [6.07, 6.45) is 8.04. The van der Waals surface area contributed by atoms with Gasteiger partial charge < -0.3 is 10.1 Å². The van der Waals surface area contributed by atoms with Crippen molar-refractivity contribution in [1.82, 2.24) is 10.7 Å². The average Bonchev–Trinajstić information content (AvgIpc) is 2.48. The SMILES string of the molecule is COc1cccc(/C=N/NC(=S)NC2CCCCC2)c1. The highest BCUT2D eigenvalue weighted by Crippen LogP contribution is 2.17. The van der Waals surface area contributed by atoms with Gasteiger partial charge in [0.1, 0.15) is 5.75 Å². The van der Waals surface area contributed by atoms with E-state index in [1.165, 1.54) is 32.1 Å². The molecule has 0 unspecified atom stereocenters. The molecule has 0 radical (unpaired) electrons. The van der Waals surface area contributed by atoms with Crippen molar-refractivity contribution in [3.8, 4) is 5.75 Å². The van der Waals surface area contributed by atoms with Gasteiger partial charge in [-0.05, 0) is 42.8 Å². The van der Waals surface area contributed by atoms with Crippen molar-refractivity contribution in [1.29, 1.82) is 0 Å². The van der Waals surface area contributed by atoms with E-state index in [-0.39, 0.29) is 0 Å². The van der Waals surface area contributed by atoms with E-state index in [1.54, 1.807) is 13.3 Å². The van der Waals surface area contributed by atoms with Crippen molar-refractivity contribution < 1.29 is 4.74 Å². The van der Waals surface area contributed by atoms with Gasteiger partial charge in [0.05, 0.1) is 13.3 Å². The second kappa shape index (κ2) is 7.85. The largest absolute Gasteiger partial charge is 0.497 e. The third kappa shape index (κ3) is 4.81. The van der Waals surface area contributed by atoms with Crippen LogP contribution in [0.3, 0.4) is 0 Å². The van der Waals surface area contributed by atoms with Crippen LogP contribution in [0.25, 0.3) is 0 Å². The van der Waals surface area contributed by atoms with Gasteiger partial charge in [-0.15, -0.1) is 0 Å². The standard InChI is InChI=1S/C15H21N3OS/c1-19-14-9-5-6-12(10-14)11-16-18-15(20)17-13-7-3-2-4-8-13/h5-6,9-11,13H,2-4,7-8H2,1H3,(H2,17,18,20)/b16-11+. The smallest absolute Gasteiger partial charge is 0.187 e. The van der Waals surface area contributed by atoms with Gasteiger partial charge in [0.25, 0.3) is 0 Å². The highest BCUT2D eigenvalue weighted by atomic mass is 32.1. The van der Waals surface area contributed by atoms with E-state index in [0.717, 1.165) is 11.3 Å². The number of nitrogens with zero attached hydrogens (tertiary/aromatic N) is 1. The molecule has 0 aliphatic heterocycles. The van der Waals surface area contributed by atoms with E-state index in [1.807, 2.05) is 24.3 Å².